The molecule has 2 heterocycles. The lowest BCUT2D eigenvalue weighted by Crippen LogP contribution is -2.31. The Hall–Kier alpha value is -1.97. The van der Waals surface area contributed by atoms with E-state index in [4.69, 9.17) is 4.74 Å². The largest absolute Gasteiger partial charge is 0.487 e. The number of hydrogen-bond donors (Lipinski definition) is 0. The molecule has 1 fully saturated rings. The van der Waals surface area contributed by atoms with E-state index in [9.17, 15) is 16.8 Å². The molecule has 0 spiro atoms. The van der Waals surface area contributed by atoms with E-state index in [1.165, 1.54) is 28.6 Å². The van der Waals surface area contributed by atoms with Gasteiger partial charge in [-0.05, 0) is 42.8 Å². The fourth-order valence-electron chi connectivity index (χ4n) is 2.63. The Balaban J connectivity index is 1.73. The van der Waals surface area contributed by atoms with E-state index in [0.717, 1.165) is 6.26 Å². The third-order valence-corrected chi connectivity index (χ3v) is 6.94. The smallest absolute Gasteiger partial charge is 0.243 e. The number of pyridine rings is 1. The molecular formula is C16H18N2O5S2. The van der Waals surface area contributed by atoms with Crippen LogP contribution in [0.2, 0.25) is 0 Å². The third kappa shape index (κ3) is 4.00. The summed E-state index contributed by atoms with van der Waals surface area (Å²) in [5.74, 6) is 0.601. The van der Waals surface area contributed by atoms with Crippen LogP contribution < -0.4 is 4.74 Å². The molecule has 1 aromatic heterocycles. The molecule has 9 heteroatoms. The summed E-state index contributed by atoms with van der Waals surface area (Å²) in [7, 11) is -7.05. The van der Waals surface area contributed by atoms with Crippen LogP contribution in [0, 0.1) is 0 Å². The molecule has 0 amide bonds. The fraction of sp³-hybridized carbons (Fsp3) is 0.312. The van der Waals surface area contributed by atoms with Crippen molar-refractivity contribution in [2.45, 2.75) is 22.3 Å². The Morgan fingerprint density at radius 1 is 1.08 bits per heavy atom. The number of nitrogens with zero attached hydrogens (tertiary/aromatic N) is 2. The summed E-state index contributed by atoms with van der Waals surface area (Å²) >= 11 is 0. The second-order valence-electron chi connectivity index (χ2n) is 5.82. The highest BCUT2D eigenvalue weighted by Gasteiger charge is 2.33. The Morgan fingerprint density at radius 3 is 2.36 bits per heavy atom. The lowest BCUT2D eigenvalue weighted by molar-refractivity contribution is 0.214. The highest BCUT2D eigenvalue weighted by atomic mass is 32.2. The van der Waals surface area contributed by atoms with Gasteiger partial charge in [-0.3, -0.25) is 4.98 Å². The van der Waals surface area contributed by atoms with E-state index in [1.807, 2.05) is 0 Å². The van der Waals surface area contributed by atoms with Crippen LogP contribution in [0.25, 0.3) is 0 Å². The first-order chi connectivity index (χ1) is 11.8. The molecule has 1 aromatic carbocycles. The summed E-state index contributed by atoms with van der Waals surface area (Å²) in [4.78, 5) is 4.12. The quantitative estimate of drug-likeness (QED) is 0.774. The van der Waals surface area contributed by atoms with Crippen molar-refractivity contribution in [1.82, 2.24) is 9.29 Å². The van der Waals surface area contributed by atoms with E-state index >= 15 is 0 Å². The number of ether oxygens (including phenoxy) is 1. The van der Waals surface area contributed by atoms with Crippen LogP contribution in [0.1, 0.15) is 6.42 Å². The van der Waals surface area contributed by atoms with Crippen molar-refractivity contribution in [3.8, 4) is 5.75 Å². The van der Waals surface area contributed by atoms with Crippen LogP contribution in [-0.2, 0) is 19.9 Å². The molecule has 1 aliphatic rings. The average Bonchev–Trinajstić information content (AvgIpc) is 3.04. The molecule has 0 N–H and O–H groups in total. The molecule has 1 saturated heterocycles. The topological polar surface area (TPSA) is 93.6 Å². The molecule has 1 atom stereocenters. The van der Waals surface area contributed by atoms with Crippen molar-refractivity contribution in [2.75, 3.05) is 19.3 Å². The van der Waals surface area contributed by atoms with Gasteiger partial charge < -0.3 is 4.74 Å². The molecule has 2 aromatic rings. The summed E-state index contributed by atoms with van der Waals surface area (Å²) < 4.78 is 55.5. The first-order valence-corrected chi connectivity index (χ1v) is 11.0. The van der Waals surface area contributed by atoms with Crippen molar-refractivity contribution < 1.29 is 21.6 Å². The minimum absolute atomic E-state index is 0.0712. The van der Waals surface area contributed by atoms with Gasteiger partial charge in [-0.1, -0.05) is 0 Å². The van der Waals surface area contributed by atoms with Gasteiger partial charge in [0.15, 0.2) is 9.84 Å². The predicted octanol–water partition coefficient (Wildman–Crippen LogP) is 1.33. The van der Waals surface area contributed by atoms with Crippen molar-refractivity contribution in [1.29, 1.82) is 0 Å². The summed E-state index contributed by atoms with van der Waals surface area (Å²) in [6.45, 7) is 0.589. The molecule has 25 heavy (non-hydrogen) atoms. The Labute approximate surface area is 147 Å². The number of aromatic nitrogens is 1. The van der Waals surface area contributed by atoms with Gasteiger partial charge in [-0.2, -0.15) is 4.31 Å². The van der Waals surface area contributed by atoms with E-state index in [0.29, 0.717) is 18.7 Å². The van der Waals surface area contributed by atoms with Crippen molar-refractivity contribution in [2.24, 2.45) is 0 Å². The summed E-state index contributed by atoms with van der Waals surface area (Å²) in [5, 5.41) is 0. The number of hydrogen-bond acceptors (Lipinski definition) is 6. The number of sulfonamides is 1. The SMILES string of the molecule is CS(=O)(=O)c1ccc(S(=O)(=O)N2CCC(Oc3cccnc3)C2)cc1. The molecule has 0 bridgehead atoms. The molecule has 0 aliphatic carbocycles. The number of rotatable bonds is 5. The monoisotopic (exact) mass is 382 g/mol. The van der Waals surface area contributed by atoms with E-state index in [2.05, 4.69) is 4.98 Å². The van der Waals surface area contributed by atoms with Gasteiger partial charge in [-0.25, -0.2) is 16.8 Å². The minimum Gasteiger partial charge on any atom is -0.487 e. The van der Waals surface area contributed by atoms with E-state index < -0.39 is 19.9 Å². The van der Waals surface area contributed by atoms with E-state index in [-0.39, 0.29) is 22.4 Å². The van der Waals surface area contributed by atoms with Gasteiger partial charge in [0.2, 0.25) is 10.0 Å². The normalized spacial score (nSPS) is 19.0. The van der Waals surface area contributed by atoms with Crippen LogP contribution >= 0.6 is 0 Å². The van der Waals surface area contributed by atoms with Gasteiger partial charge in [0.05, 0.1) is 22.5 Å². The van der Waals surface area contributed by atoms with Crippen molar-refractivity contribution >= 4 is 19.9 Å². The minimum atomic E-state index is -3.68. The molecule has 3 rings (SSSR count). The number of benzene rings is 1. The zero-order valence-electron chi connectivity index (χ0n) is 13.6. The first kappa shape index (κ1) is 17.8. The van der Waals surface area contributed by atoms with Crippen molar-refractivity contribution in [3.05, 3.63) is 48.8 Å². The Kier molecular flexibility index (Phi) is 4.81. The molecule has 7 nitrogen and oxygen atoms in total. The Morgan fingerprint density at radius 2 is 1.76 bits per heavy atom. The van der Waals surface area contributed by atoms with Crippen LogP contribution in [0.15, 0.2) is 58.6 Å². The van der Waals surface area contributed by atoms with Gasteiger partial charge in [0, 0.05) is 19.0 Å². The van der Waals surface area contributed by atoms with Crippen LogP contribution in [0.5, 0.6) is 5.75 Å². The fourth-order valence-corrected chi connectivity index (χ4v) is 4.75. The zero-order chi connectivity index (χ0) is 18.1. The van der Waals surface area contributed by atoms with Crippen LogP contribution in [-0.4, -0.2) is 51.6 Å². The highest BCUT2D eigenvalue weighted by Crippen LogP contribution is 2.24. The third-order valence-electron chi connectivity index (χ3n) is 3.93. The maximum Gasteiger partial charge on any atom is 0.243 e. The summed E-state index contributed by atoms with van der Waals surface area (Å²) in [6, 6.07) is 8.78. The molecule has 1 unspecified atom stereocenters. The zero-order valence-corrected chi connectivity index (χ0v) is 15.2. The summed E-state index contributed by atoms with van der Waals surface area (Å²) in [6.07, 6.45) is 4.64. The van der Waals surface area contributed by atoms with E-state index in [1.54, 1.807) is 24.5 Å². The maximum atomic E-state index is 12.7. The summed E-state index contributed by atoms with van der Waals surface area (Å²) in [5.41, 5.74) is 0. The van der Waals surface area contributed by atoms with Gasteiger partial charge in [-0.15, -0.1) is 0 Å². The predicted molar refractivity (Wildman–Crippen MR) is 91.6 cm³/mol. The Bertz CT molecular complexity index is 942. The molecule has 0 radical (unpaired) electrons. The maximum absolute atomic E-state index is 12.7. The molecule has 1 aliphatic heterocycles. The van der Waals surface area contributed by atoms with Gasteiger partial charge in [0.25, 0.3) is 0 Å². The molecule has 134 valence electrons. The van der Waals surface area contributed by atoms with Crippen molar-refractivity contribution in [3.63, 3.8) is 0 Å². The second-order valence-corrected chi connectivity index (χ2v) is 9.78. The van der Waals surface area contributed by atoms with Crippen LogP contribution in [0.4, 0.5) is 0 Å². The van der Waals surface area contributed by atoms with Gasteiger partial charge >= 0.3 is 0 Å². The number of sulfone groups is 1. The average molecular weight is 382 g/mol. The standard InChI is InChI=1S/C16H18N2O5S2/c1-24(19,20)15-4-6-16(7-5-15)25(21,22)18-10-8-14(12-18)23-13-3-2-9-17-11-13/h2-7,9,11,14H,8,10,12H2,1H3. The first-order valence-electron chi connectivity index (χ1n) is 7.64. The van der Waals surface area contributed by atoms with Gasteiger partial charge in [0.1, 0.15) is 11.9 Å². The molecular weight excluding hydrogens is 364 g/mol. The second kappa shape index (κ2) is 6.74. The lowest BCUT2D eigenvalue weighted by atomic mass is 10.3. The lowest BCUT2D eigenvalue weighted by Gasteiger charge is -2.17. The van der Waals surface area contributed by atoms with Crippen LogP contribution in [0.3, 0.4) is 0 Å². The molecule has 0 saturated carbocycles. The highest BCUT2D eigenvalue weighted by molar-refractivity contribution is 7.90.